The normalized spacial score (nSPS) is 18.6. The van der Waals surface area contributed by atoms with E-state index in [1.165, 1.54) is 12.8 Å². The number of rotatable bonds is 1. The van der Waals surface area contributed by atoms with Crippen molar-refractivity contribution >= 4 is 5.91 Å². The van der Waals surface area contributed by atoms with Crippen molar-refractivity contribution in [2.24, 2.45) is 0 Å². The first-order valence-corrected chi connectivity index (χ1v) is 6.54. The van der Waals surface area contributed by atoms with Crippen LogP contribution in [0.5, 0.6) is 11.5 Å². The van der Waals surface area contributed by atoms with Gasteiger partial charge in [-0.25, -0.2) is 0 Å². The lowest BCUT2D eigenvalue weighted by molar-refractivity contribution is 0.0757. The topological polar surface area (TPSA) is 38.8 Å². The van der Waals surface area contributed by atoms with Crippen LogP contribution in [-0.4, -0.2) is 30.7 Å². The van der Waals surface area contributed by atoms with Crippen molar-refractivity contribution < 1.29 is 14.3 Å². The molecule has 0 aromatic heterocycles. The molecule has 3 rings (SSSR count). The minimum Gasteiger partial charge on any atom is -0.454 e. The molecular weight excluding hydrogens is 230 g/mol. The van der Waals surface area contributed by atoms with Gasteiger partial charge in [0, 0.05) is 13.1 Å². The summed E-state index contributed by atoms with van der Waals surface area (Å²) in [5, 5.41) is 0. The number of benzene rings is 1. The first-order chi connectivity index (χ1) is 8.86. The van der Waals surface area contributed by atoms with E-state index in [0.29, 0.717) is 17.1 Å². The predicted molar refractivity (Wildman–Crippen MR) is 66.9 cm³/mol. The fourth-order valence-electron chi connectivity index (χ4n) is 2.54. The molecule has 0 bridgehead atoms. The third kappa shape index (κ3) is 2.03. The Morgan fingerprint density at radius 2 is 1.83 bits per heavy atom. The van der Waals surface area contributed by atoms with E-state index in [-0.39, 0.29) is 12.7 Å². The van der Waals surface area contributed by atoms with Gasteiger partial charge in [0.1, 0.15) is 0 Å². The van der Waals surface area contributed by atoms with Crippen LogP contribution in [0, 0.1) is 0 Å². The standard InChI is InChI=1S/C14H17NO3/c16-14(15-8-3-1-2-4-9-15)11-6-5-7-12-13(11)18-10-17-12/h5-7H,1-4,8-10H2. The number of fused-ring (bicyclic) bond motifs is 1. The van der Waals surface area contributed by atoms with Crippen LogP contribution in [0.25, 0.3) is 0 Å². The highest BCUT2D eigenvalue weighted by atomic mass is 16.7. The molecule has 1 fully saturated rings. The summed E-state index contributed by atoms with van der Waals surface area (Å²) in [7, 11) is 0. The molecule has 0 N–H and O–H groups in total. The molecule has 0 aliphatic carbocycles. The van der Waals surface area contributed by atoms with Gasteiger partial charge < -0.3 is 14.4 Å². The van der Waals surface area contributed by atoms with Crippen LogP contribution in [0.1, 0.15) is 36.0 Å². The van der Waals surface area contributed by atoms with E-state index in [1.807, 2.05) is 23.1 Å². The second-order valence-corrected chi connectivity index (χ2v) is 4.75. The molecule has 2 aliphatic rings. The van der Waals surface area contributed by atoms with Crippen molar-refractivity contribution in [1.82, 2.24) is 4.90 Å². The molecule has 0 saturated carbocycles. The van der Waals surface area contributed by atoms with Crippen LogP contribution in [0.2, 0.25) is 0 Å². The smallest absolute Gasteiger partial charge is 0.257 e. The van der Waals surface area contributed by atoms with Gasteiger partial charge in [0.15, 0.2) is 11.5 Å². The molecule has 4 heteroatoms. The predicted octanol–water partition coefficient (Wildman–Crippen LogP) is 2.43. The van der Waals surface area contributed by atoms with Gasteiger partial charge in [0.25, 0.3) is 5.91 Å². The zero-order valence-corrected chi connectivity index (χ0v) is 10.4. The Labute approximate surface area is 106 Å². The van der Waals surface area contributed by atoms with Gasteiger partial charge in [-0.2, -0.15) is 0 Å². The number of amides is 1. The molecule has 18 heavy (non-hydrogen) atoms. The minimum absolute atomic E-state index is 0.0688. The molecule has 4 nitrogen and oxygen atoms in total. The first kappa shape index (κ1) is 11.4. The molecule has 0 unspecified atom stereocenters. The highest BCUT2D eigenvalue weighted by molar-refractivity contribution is 5.98. The average molecular weight is 247 g/mol. The number of carbonyl (C=O) groups is 1. The number of para-hydroxylation sites is 1. The quantitative estimate of drug-likeness (QED) is 0.765. The van der Waals surface area contributed by atoms with E-state index in [2.05, 4.69) is 0 Å². The third-order valence-corrected chi connectivity index (χ3v) is 3.52. The molecule has 2 heterocycles. The van der Waals surface area contributed by atoms with E-state index in [4.69, 9.17) is 9.47 Å². The van der Waals surface area contributed by atoms with Crippen molar-refractivity contribution in [3.05, 3.63) is 23.8 Å². The number of hydrogen-bond acceptors (Lipinski definition) is 3. The van der Waals surface area contributed by atoms with Crippen LogP contribution in [0.3, 0.4) is 0 Å². The summed E-state index contributed by atoms with van der Waals surface area (Å²) in [5.74, 6) is 1.35. The molecule has 1 aromatic rings. The Balaban J connectivity index is 1.85. The molecule has 2 aliphatic heterocycles. The SMILES string of the molecule is O=C(c1cccc2c1OCO2)N1CCCCCC1. The summed E-state index contributed by atoms with van der Waals surface area (Å²) in [5.41, 5.74) is 0.631. The highest BCUT2D eigenvalue weighted by Crippen LogP contribution is 2.36. The average Bonchev–Trinajstić information content (AvgIpc) is 2.71. The van der Waals surface area contributed by atoms with Crippen molar-refractivity contribution in [2.45, 2.75) is 25.7 Å². The Hall–Kier alpha value is -1.71. The Bertz CT molecular complexity index is 450. The monoisotopic (exact) mass is 247 g/mol. The lowest BCUT2D eigenvalue weighted by Crippen LogP contribution is -2.31. The van der Waals surface area contributed by atoms with Crippen LogP contribution in [0.4, 0.5) is 0 Å². The zero-order valence-electron chi connectivity index (χ0n) is 10.4. The summed E-state index contributed by atoms with van der Waals surface area (Å²) in [6.07, 6.45) is 4.63. The second-order valence-electron chi connectivity index (χ2n) is 4.75. The molecule has 1 aromatic carbocycles. The van der Waals surface area contributed by atoms with Crippen molar-refractivity contribution in [3.8, 4) is 11.5 Å². The fraction of sp³-hybridized carbons (Fsp3) is 0.500. The van der Waals surface area contributed by atoms with Crippen LogP contribution < -0.4 is 9.47 Å². The number of nitrogens with zero attached hydrogens (tertiary/aromatic N) is 1. The van der Waals surface area contributed by atoms with E-state index in [0.717, 1.165) is 25.9 Å². The van der Waals surface area contributed by atoms with E-state index < -0.39 is 0 Å². The lowest BCUT2D eigenvalue weighted by atomic mass is 10.1. The highest BCUT2D eigenvalue weighted by Gasteiger charge is 2.25. The lowest BCUT2D eigenvalue weighted by Gasteiger charge is -2.20. The summed E-state index contributed by atoms with van der Waals surface area (Å²) in [6.45, 7) is 1.91. The summed E-state index contributed by atoms with van der Waals surface area (Å²) >= 11 is 0. The third-order valence-electron chi connectivity index (χ3n) is 3.52. The Kier molecular flexibility index (Phi) is 3.09. The van der Waals surface area contributed by atoms with Crippen molar-refractivity contribution in [1.29, 1.82) is 0 Å². The molecule has 0 atom stereocenters. The van der Waals surface area contributed by atoms with Gasteiger partial charge in [-0.3, -0.25) is 4.79 Å². The van der Waals surface area contributed by atoms with Gasteiger partial charge in [0.05, 0.1) is 5.56 Å². The maximum Gasteiger partial charge on any atom is 0.257 e. The number of carbonyl (C=O) groups excluding carboxylic acids is 1. The Morgan fingerprint density at radius 3 is 2.61 bits per heavy atom. The number of hydrogen-bond donors (Lipinski definition) is 0. The van der Waals surface area contributed by atoms with Gasteiger partial charge >= 0.3 is 0 Å². The van der Waals surface area contributed by atoms with Gasteiger partial charge in [-0.15, -0.1) is 0 Å². The fourth-order valence-corrected chi connectivity index (χ4v) is 2.54. The summed E-state index contributed by atoms with van der Waals surface area (Å²) in [6, 6.07) is 5.50. The molecule has 96 valence electrons. The van der Waals surface area contributed by atoms with Crippen LogP contribution in [-0.2, 0) is 0 Å². The maximum atomic E-state index is 12.5. The molecule has 0 spiro atoms. The van der Waals surface area contributed by atoms with E-state index in [9.17, 15) is 4.79 Å². The van der Waals surface area contributed by atoms with Gasteiger partial charge in [-0.05, 0) is 25.0 Å². The second kappa shape index (κ2) is 4.88. The van der Waals surface area contributed by atoms with Gasteiger partial charge in [-0.1, -0.05) is 18.9 Å². The van der Waals surface area contributed by atoms with E-state index >= 15 is 0 Å². The maximum absolute atomic E-state index is 12.5. The molecule has 1 saturated heterocycles. The van der Waals surface area contributed by atoms with E-state index in [1.54, 1.807) is 0 Å². The van der Waals surface area contributed by atoms with Crippen molar-refractivity contribution in [3.63, 3.8) is 0 Å². The molecule has 0 radical (unpaired) electrons. The summed E-state index contributed by atoms with van der Waals surface area (Å²) in [4.78, 5) is 14.4. The zero-order chi connectivity index (χ0) is 12.4. The number of ether oxygens (including phenoxy) is 2. The number of likely N-dealkylation sites (tertiary alicyclic amines) is 1. The first-order valence-electron chi connectivity index (χ1n) is 6.54. The largest absolute Gasteiger partial charge is 0.454 e. The van der Waals surface area contributed by atoms with Gasteiger partial charge in [0.2, 0.25) is 6.79 Å². The van der Waals surface area contributed by atoms with Crippen LogP contribution in [0.15, 0.2) is 18.2 Å². The summed E-state index contributed by atoms with van der Waals surface area (Å²) < 4.78 is 10.7. The van der Waals surface area contributed by atoms with Crippen LogP contribution >= 0.6 is 0 Å². The van der Waals surface area contributed by atoms with Crippen molar-refractivity contribution in [2.75, 3.05) is 19.9 Å². The molecular formula is C14H17NO3. The minimum atomic E-state index is 0.0688. The molecule has 1 amide bonds. The Morgan fingerprint density at radius 1 is 1.06 bits per heavy atom.